The fraction of sp³-hybridized carbons (Fsp3) is 0. The van der Waals surface area contributed by atoms with Gasteiger partial charge >= 0.3 is 0 Å². The number of nitrogens with one attached hydrogen (secondary N) is 2. The summed E-state index contributed by atoms with van der Waals surface area (Å²) in [5.74, 6) is -0.336. The Morgan fingerprint density at radius 1 is 1.13 bits per heavy atom. The first kappa shape index (κ1) is 15.2. The van der Waals surface area contributed by atoms with E-state index in [1.54, 1.807) is 41.9 Å². The molecule has 0 fully saturated rings. The number of carbonyl (C=O) groups excluding carboxylic acids is 1. The monoisotopic (exact) mass is 330 g/mol. The molecule has 0 aliphatic rings. The van der Waals surface area contributed by atoms with E-state index in [1.807, 2.05) is 0 Å². The van der Waals surface area contributed by atoms with E-state index >= 15 is 0 Å². The van der Waals surface area contributed by atoms with Crippen molar-refractivity contribution in [2.75, 3.05) is 0 Å². The maximum Gasteiger partial charge on any atom is 0.274 e. The van der Waals surface area contributed by atoms with Crippen LogP contribution < -0.4 is 5.48 Å². The number of hydrogen-bond acceptors (Lipinski definition) is 5. The summed E-state index contributed by atoms with van der Waals surface area (Å²) in [6.07, 6.45) is 0. The molecule has 2 aromatic carbocycles. The Hall–Kier alpha value is -2.71. The summed E-state index contributed by atoms with van der Waals surface area (Å²) < 4.78 is 12.9. The van der Waals surface area contributed by atoms with Crippen LogP contribution in [-0.2, 0) is 0 Å². The van der Waals surface area contributed by atoms with Crippen LogP contribution in [-0.4, -0.2) is 26.3 Å². The molecular weight excluding hydrogens is 319 g/mol. The molecule has 1 amide bonds. The van der Waals surface area contributed by atoms with Crippen molar-refractivity contribution in [3.8, 4) is 11.4 Å². The summed E-state index contributed by atoms with van der Waals surface area (Å²) >= 11 is 1.31. The zero-order valence-electron chi connectivity index (χ0n) is 11.7. The fourth-order valence-electron chi connectivity index (χ4n) is 1.87. The average molecular weight is 330 g/mol. The number of carbonyl (C=O) groups is 1. The van der Waals surface area contributed by atoms with Gasteiger partial charge in [0.1, 0.15) is 5.82 Å². The summed E-state index contributed by atoms with van der Waals surface area (Å²) in [4.78, 5) is 16.4. The number of halogens is 1. The van der Waals surface area contributed by atoms with Crippen LogP contribution in [0, 0.1) is 5.82 Å². The number of benzene rings is 2. The molecule has 0 spiro atoms. The van der Waals surface area contributed by atoms with Crippen molar-refractivity contribution in [3.05, 3.63) is 59.9 Å². The molecule has 8 heteroatoms. The summed E-state index contributed by atoms with van der Waals surface area (Å²) in [5, 5.41) is 16.0. The van der Waals surface area contributed by atoms with Crippen LogP contribution in [0.3, 0.4) is 0 Å². The molecule has 0 aliphatic carbocycles. The molecule has 0 atom stereocenters. The van der Waals surface area contributed by atoms with Crippen molar-refractivity contribution in [2.45, 2.75) is 10.1 Å². The highest BCUT2D eigenvalue weighted by atomic mass is 32.2. The number of aromatic nitrogens is 3. The molecule has 0 saturated carbocycles. The third-order valence-corrected chi connectivity index (χ3v) is 3.88. The number of H-pyrrole nitrogens is 1. The van der Waals surface area contributed by atoms with E-state index < -0.39 is 5.91 Å². The van der Waals surface area contributed by atoms with Gasteiger partial charge in [0.25, 0.3) is 5.91 Å². The van der Waals surface area contributed by atoms with Crippen molar-refractivity contribution >= 4 is 17.7 Å². The second-order valence-corrected chi connectivity index (χ2v) is 5.58. The molecule has 23 heavy (non-hydrogen) atoms. The number of nitrogens with zero attached hydrogens (tertiary/aromatic N) is 2. The van der Waals surface area contributed by atoms with Crippen LogP contribution in [0.15, 0.2) is 58.6 Å². The third-order valence-electron chi connectivity index (χ3n) is 3.01. The Kier molecular flexibility index (Phi) is 4.35. The minimum absolute atomic E-state index is 0.310. The zero-order valence-corrected chi connectivity index (χ0v) is 12.5. The van der Waals surface area contributed by atoms with Gasteiger partial charge in [-0.3, -0.25) is 15.1 Å². The molecule has 1 aromatic heterocycles. The highest BCUT2D eigenvalue weighted by Gasteiger charge is 2.09. The molecule has 0 aliphatic heterocycles. The molecule has 3 rings (SSSR count). The van der Waals surface area contributed by atoms with E-state index in [-0.39, 0.29) is 5.82 Å². The highest BCUT2D eigenvalue weighted by molar-refractivity contribution is 7.99. The second-order valence-electron chi connectivity index (χ2n) is 4.54. The molecule has 0 bridgehead atoms. The number of rotatable bonds is 4. The van der Waals surface area contributed by atoms with Crippen LogP contribution in [0.1, 0.15) is 10.4 Å². The SMILES string of the molecule is O=C(NO)c1ccc(Sc2n[nH]c(-c3ccc(F)cc3)n2)cc1. The standard InChI is InChI=1S/C15H11FN4O2S/c16-11-5-1-9(2-6-11)13-17-15(19-18-13)23-12-7-3-10(4-8-12)14(21)20-22/h1-8,22H,(H,20,21)(H,17,18,19). The number of hydroxylamine groups is 1. The van der Waals surface area contributed by atoms with Crippen LogP contribution in [0.2, 0.25) is 0 Å². The summed E-state index contributed by atoms with van der Waals surface area (Å²) in [7, 11) is 0. The Bertz CT molecular complexity index is 818. The minimum atomic E-state index is -0.571. The lowest BCUT2D eigenvalue weighted by atomic mass is 10.2. The molecule has 0 radical (unpaired) electrons. The van der Waals surface area contributed by atoms with E-state index in [4.69, 9.17) is 5.21 Å². The summed E-state index contributed by atoms with van der Waals surface area (Å²) in [5.41, 5.74) is 2.66. The minimum Gasteiger partial charge on any atom is -0.288 e. The molecular formula is C15H11FN4O2S. The first-order chi connectivity index (χ1) is 11.2. The normalized spacial score (nSPS) is 10.5. The van der Waals surface area contributed by atoms with Gasteiger partial charge in [0.15, 0.2) is 5.82 Å². The van der Waals surface area contributed by atoms with Crippen molar-refractivity contribution in [3.63, 3.8) is 0 Å². The molecule has 0 saturated heterocycles. The van der Waals surface area contributed by atoms with Gasteiger partial charge in [-0.1, -0.05) is 0 Å². The maximum atomic E-state index is 12.9. The van der Waals surface area contributed by atoms with Gasteiger partial charge in [-0.25, -0.2) is 14.9 Å². The Labute approximate surface area is 134 Å². The largest absolute Gasteiger partial charge is 0.288 e. The van der Waals surface area contributed by atoms with Crippen LogP contribution in [0.4, 0.5) is 4.39 Å². The van der Waals surface area contributed by atoms with Crippen molar-refractivity contribution in [1.82, 2.24) is 20.7 Å². The van der Waals surface area contributed by atoms with Gasteiger partial charge in [0.2, 0.25) is 5.16 Å². The quantitative estimate of drug-likeness (QED) is 0.505. The van der Waals surface area contributed by atoms with Crippen molar-refractivity contribution < 1.29 is 14.4 Å². The Balaban J connectivity index is 1.74. The Morgan fingerprint density at radius 2 is 1.83 bits per heavy atom. The topological polar surface area (TPSA) is 90.9 Å². The molecule has 1 heterocycles. The van der Waals surface area contributed by atoms with Crippen molar-refractivity contribution in [1.29, 1.82) is 0 Å². The van der Waals surface area contributed by atoms with Gasteiger partial charge in [0, 0.05) is 16.0 Å². The molecule has 116 valence electrons. The highest BCUT2D eigenvalue weighted by Crippen LogP contribution is 2.26. The van der Waals surface area contributed by atoms with E-state index in [9.17, 15) is 9.18 Å². The van der Waals surface area contributed by atoms with Gasteiger partial charge in [-0.05, 0) is 60.3 Å². The van der Waals surface area contributed by atoms with Gasteiger partial charge < -0.3 is 0 Å². The lowest BCUT2D eigenvalue weighted by Crippen LogP contribution is -2.18. The lowest BCUT2D eigenvalue weighted by Gasteiger charge is -2.00. The van der Waals surface area contributed by atoms with Crippen molar-refractivity contribution in [2.24, 2.45) is 0 Å². The predicted molar refractivity (Wildman–Crippen MR) is 81.6 cm³/mol. The van der Waals surface area contributed by atoms with Gasteiger partial charge in [-0.2, -0.15) is 0 Å². The number of amides is 1. The molecule has 0 unspecified atom stereocenters. The van der Waals surface area contributed by atoms with Gasteiger partial charge in [0.05, 0.1) is 0 Å². The maximum absolute atomic E-state index is 12.9. The van der Waals surface area contributed by atoms with E-state index in [1.165, 1.54) is 23.9 Å². The van der Waals surface area contributed by atoms with Crippen LogP contribution in [0.5, 0.6) is 0 Å². The zero-order chi connectivity index (χ0) is 16.2. The predicted octanol–water partition coefficient (Wildman–Crippen LogP) is 2.88. The first-order valence-corrected chi connectivity index (χ1v) is 7.38. The molecule has 3 aromatic rings. The van der Waals surface area contributed by atoms with E-state index in [2.05, 4.69) is 15.2 Å². The lowest BCUT2D eigenvalue weighted by molar-refractivity contribution is 0.0706. The van der Waals surface area contributed by atoms with Crippen LogP contribution >= 0.6 is 11.8 Å². The molecule has 3 N–H and O–H groups in total. The second kappa shape index (κ2) is 6.59. The Morgan fingerprint density at radius 3 is 2.48 bits per heavy atom. The summed E-state index contributed by atoms with van der Waals surface area (Å²) in [6.45, 7) is 0. The smallest absolute Gasteiger partial charge is 0.274 e. The number of aromatic amines is 1. The van der Waals surface area contributed by atoms with Gasteiger partial charge in [-0.15, -0.1) is 5.10 Å². The fourth-order valence-corrected chi connectivity index (χ4v) is 2.58. The van der Waals surface area contributed by atoms with E-state index in [0.717, 1.165) is 10.5 Å². The number of hydrogen-bond donors (Lipinski definition) is 3. The first-order valence-electron chi connectivity index (χ1n) is 6.56. The third kappa shape index (κ3) is 3.55. The average Bonchev–Trinajstić information content (AvgIpc) is 3.04. The van der Waals surface area contributed by atoms with E-state index in [0.29, 0.717) is 16.5 Å². The molecule has 6 nitrogen and oxygen atoms in total. The van der Waals surface area contributed by atoms with Crippen LogP contribution in [0.25, 0.3) is 11.4 Å². The summed E-state index contributed by atoms with van der Waals surface area (Å²) in [6, 6.07) is 12.6.